The number of hydrogen-bond acceptors (Lipinski definition) is 11. The Hall–Kier alpha value is -3.45. The van der Waals surface area contributed by atoms with Crippen LogP contribution in [0.25, 0.3) is 0 Å². The fourth-order valence-corrected chi connectivity index (χ4v) is 7.02. The third kappa shape index (κ3) is 7.35. The van der Waals surface area contributed by atoms with E-state index in [0.29, 0.717) is 48.3 Å². The van der Waals surface area contributed by atoms with Gasteiger partial charge in [0.15, 0.2) is 0 Å². The summed E-state index contributed by atoms with van der Waals surface area (Å²) in [6.45, 7) is 5.10. The fraction of sp³-hybridized carbons (Fsp3) is 0.462. The number of esters is 2. The highest BCUT2D eigenvalue weighted by atomic mass is 32.2. The molecule has 2 aromatic rings. The molecule has 1 aromatic heterocycles. The number of carbonyl (C=O) groups is 2. The Bertz CT molecular complexity index is 1410. The van der Waals surface area contributed by atoms with E-state index in [2.05, 4.69) is 9.98 Å². The number of benzene rings is 1. The minimum atomic E-state index is -3.40. The standard InChI is InChI=1S/C26H31N3O8S2/c1-16-15-38-26(27-16)39(34,35)13-8-6-5-7-12-37-25(31)22-18(3)28-17(2)21(24(30)36-4)23(22)19-10-9-11-20(14-19)29(32)33/h9-11,14-15,21,23H,5-8,12-13H2,1-4H3. The number of aromatic nitrogens is 1. The van der Waals surface area contributed by atoms with Crippen molar-refractivity contribution >= 4 is 44.5 Å². The van der Waals surface area contributed by atoms with Gasteiger partial charge in [0.05, 0.1) is 30.0 Å². The zero-order valence-electron chi connectivity index (χ0n) is 22.2. The van der Waals surface area contributed by atoms with Crippen molar-refractivity contribution in [2.24, 2.45) is 10.9 Å². The quantitative estimate of drug-likeness (QED) is 0.153. The topological polar surface area (TPSA) is 155 Å². The molecule has 2 heterocycles. The number of methoxy groups -OCH3 is 1. The van der Waals surface area contributed by atoms with E-state index in [9.17, 15) is 28.1 Å². The van der Waals surface area contributed by atoms with Gasteiger partial charge in [-0.3, -0.25) is 19.9 Å². The molecule has 0 spiro atoms. The summed E-state index contributed by atoms with van der Waals surface area (Å²) in [5, 5.41) is 13.1. The minimum Gasteiger partial charge on any atom is -0.468 e. The SMILES string of the molecule is COC(=O)C1C(C)=NC(C)=C(C(=O)OCCCCCCS(=O)(=O)c2nc(C)cs2)C1c1cccc([N+](=O)[O-])c1. The first-order valence-corrected chi connectivity index (χ1v) is 14.9. The molecule has 0 saturated heterocycles. The number of ether oxygens (including phenoxy) is 2. The summed E-state index contributed by atoms with van der Waals surface area (Å²) in [6.07, 6.45) is 2.25. The van der Waals surface area contributed by atoms with E-state index in [0.717, 1.165) is 11.3 Å². The van der Waals surface area contributed by atoms with Crippen molar-refractivity contribution in [3.05, 3.63) is 62.3 Å². The molecule has 0 saturated carbocycles. The van der Waals surface area contributed by atoms with Crippen LogP contribution < -0.4 is 0 Å². The van der Waals surface area contributed by atoms with Crippen molar-refractivity contribution in [3.8, 4) is 0 Å². The van der Waals surface area contributed by atoms with Gasteiger partial charge in [0, 0.05) is 40.5 Å². The van der Waals surface area contributed by atoms with Gasteiger partial charge in [-0.1, -0.05) is 25.0 Å². The number of nitro groups is 1. The molecule has 3 rings (SSSR count). The van der Waals surface area contributed by atoms with Crippen LogP contribution in [0.15, 0.2) is 50.2 Å². The molecule has 2 atom stereocenters. The van der Waals surface area contributed by atoms with Crippen molar-refractivity contribution in [1.29, 1.82) is 0 Å². The van der Waals surface area contributed by atoms with Gasteiger partial charge in [-0.25, -0.2) is 18.2 Å². The van der Waals surface area contributed by atoms with Gasteiger partial charge in [-0.2, -0.15) is 0 Å². The lowest BCUT2D eigenvalue weighted by molar-refractivity contribution is -0.384. The second-order valence-electron chi connectivity index (χ2n) is 9.21. The Labute approximate surface area is 231 Å². The molecule has 1 aliphatic heterocycles. The normalized spacial score (nSPS) is 17.5. The molecule has 1 aromatic carbocycles. The van der Waals surface area contributed by atoms with E-state index in [1.54, 1.807) is 32.2 Å². The van der Waals surface area contributed by atoms with Crippen molar-refractivity contribution < 1.29 is 32.4 Å². The molecule has 0 bridgehead atoms. The molecule has 0 fully saturated rings. The summed E-state index contributed by atoms with van der Waals surface area (Å²) in [5.74, 6) is -3.11. The number of thiazole rings is 1. The Kier molecular flexibility index (Phi) is 10.1. The van der Waals surface area contributed by atoms with E-state index >= 15 is 0 Å². The van der Waals surface area contributed by atoms with Gasteiger partial charge in [-0.05, 0) is 39.2 Å². The maximum Gasteiger partial charge on any atom is 0.336 e. The lowest BCUT2D eigenvalue weighted by Gasteiger charge is -2.31. The molecule has 1 aliphatic rings. The lowest BCUT2D eigenvalue weighted by atomic mass is 9.75. The number of rotatable bonds is 12. The molecule has 39 heavy (non-hydrogen) atoms. The number of nitro benzene ring substituents is 1. The molecular weight excluding hydrogens is 546 g/mol. The highest BCUT2D eigenvalue weighted by molar-refractivity contribution is 7.93. The summed E-state index contributed by atoms with van der Waals surface area (Å²) in [5.41, 5.74) is 1.83. The number of unbranched alkanes of at least 4 members (excludes halogenated alkanes) is 3. The Morgan fingerprint density at radius 3 is 2.49 bits per heavy atom. The van der Waals surface area contributed by atoms with Crippen LogP contribution in [-0.4, -0.2) is 55.4 Å². The third-order valence-corrected chi connectivity index (χ3v) is 9.60. The summed E-state index contributed by atoms with van der Waals surface area (Å²) < 4.78 is 35.3. The first kappa shape index (κ1) is 30.1. The average Bonchev–Trinajstić information content (AvgIpc) is 3.34. The molecule has 0 N–H and O–H groups in total. The van der Waals surface area contributed by atoms with Gasteiger partial charge < -0.3 is 9.47 Å². The van der Waals surface area contributed by atoms with Gasteiger partial charge in [-0.15, -0.1) is 11.3 Å². The van der Waals surface area contributed by atoms with Crippen LogP contribution in [0.2, 0.25) is 0 Å². The second-order valence-corrected chi connectivity index (χ2v) is 12.3. The number of nitrogens with zero attached hydrogens (tertiary/aromatic N) is 3. The van der Waals surface area contributed by atoms with Crippen LogP contribution >= 0.6 is 11.3 Å². The highest BCUT2D eigenvalue weighted by Gasteiger charge is 2.42. The van der Waals surface area contributed by atoms with Crippen LogP contribution in [-0.2, 0) is 28.9 Å². The average molecular weight is 578 g/mol. The first-order chi connectivity index (χ1) is 18.5. The summed E-state index contributed by atoms with van der Waals surface area (Å²) >= 11 is 1.12. The molecule has 0 aliphatic carbocycles. The number of carbonyl (C=O) groups excluding carboxylic acids is 2. The molecule has 0 amide bonds. The van der Waals surface area contributed by atoms with Gasteiger partial charge >= 0.3 is 11.9 Å². The maximum absolute atomic E-state index is 13.2. The monoisotopic (exact) mass is 577 g/mol. The molecule has 11 nitrogen and oxygen atoms in total. The zero-order chi connectivity index (χ0) is 28.7. The molecule has 13 heteroatoms. The van der Waals surface area contributed by atoms with Crippen LogP contribution in [0, 0.1) is 23.0 Å². The van der Waals surface area contributed by atoms with Gasteiger partial charge in [0.25, 0.3) is 5.69 Å². The number of sulfone groups is 1. The maximum atomic E-state index is 13.2. The number of aliphatic imine (C=N–C) groups is 1. The van der Waals surface area contributed by atoms with Crippen molar-refractivity contribution in [2.45, 2.75) is 56.7 Å². The number of non-ortho nitro benzene ring substituents is 1. The smallest absolute Gasteiger partial charge is 0.336 e. The lowest BCUT2D eigenvalue weighted by Crippen LogP contribution is -2.36. The van der Waals surface area contributed by atoms with E-state index in [-0.39, 0.29) is 28.0 Å². The van der Waals surface area contributed by atoms with E-state index in [1.807, 2.05) is 0 Å². The van der Waals surface area contributed by atoms with Crippen molar-refractivity contribution in [1.82, 2.24) is 4.98 Å². The van der Waals surface area contributed by atoms with Gasteiger partial charge in [0.1, 0.15) is 5.92 Å². The van der Waals surface area contributed by atoms with Crippen molar-refractivity contribution in [2.75, 3.05) is 19.5 Å². The van der Waals surface area contributed by atoms with Gasteiger partial charge in [0.2, 0.25) is 14.2 Å². The van der Waals surface area contributed by atoms with Crippen LogP contribution in [0.3, 0.4) is 0 Å². The predicted molar refractivity (Wildman–Crippen MR) is 145 cm³/mol. The summed E-state index contributed by atoms with van der Waals surface area (Å²) in [6, 6.07) is 5.78. The zero-order valence-corrected chi connectivity index (χ0v) is 23.8. The van der Waals surface area contributed by atoms with Crippen LogP contribution in [0.1, 0.15) is 56.7 Å². The highest BCUT2D eigenvalue weighted by Crippen LogP contribution is 2.41. The number of hydrogen-bond donors (Lipinski definition) is 0. The number of aryl methyl sites for hydroxylation is 1. The first-order valence-electron chi connectivity index (χ1n) is 12.4. The summed E-state index contributed by atoms with van der Waals surface area (Å²) in [7, 11) is -2.17. The second kappa shape index (κ2) is 13.1. The van der Waals surface area contributed by atoms with E-state index < -0.39 is 38.5 Å². The fourth-order valence-electron chi connectivity index (χ4n) is 4.48. The molecular formula is C26H31N3O8S2. The number of allylic oxidation sites excluding steroid dienone is 1. The third-order valence-electron chi connectivity index (χ3n) is 6.35. The predicted octanol–water partition coefficient (Wildman–Crippen LogP) is 4.56. The Balaban J connectivity index is 1.65. The Morgan fingerprint density at radius 2 is 1.85 bits per heavy atom. The van der Waals surface area contributed by atoms with Crippen LogP contribution in [0.5, 0.6) is 0 Å². The largest absolute Gasteiger partial charge is 0.468 e. The minimum absolute atomic E-state index is 0.00296. The van der Waals surface area contributed by atoms with E-state index in [1.165, 1.54) is 25.3 Å². The van der Waals surface area contributed by atoms with Crippen LogP contribution in [0.4, 0.5) is 5.69 Å². The molecule has 2 unspecified atom stereocenters. The van der Waals surface area contributed by atoms with E-state index in [4.69, 9.17) is 9.47 Å². The molecule has 210 valence electrons. The molecule has 0 radical (unpaired) electrons. The Morgan fingerprint density at radius 1 is 1.13 bits per heavy atom. The van der Waals surface area contributed by atoms with Crippen molar-refractivity contribution in [3.63, 3.8) is 0 Å². The summed E-state index contributed by atoms with van der Waals surface area (Å²) in [4.78, 5) is 45.2.